The van der Waals surface area contributed by atoms with Gasteiger partial charge in [-0.25, -0.2) is 4.39 Å². The highest BCUT2D eigenvalue weighted by Crippen LogP contribution is 2.31. The fourth-order valence-corrected chi connectivity index (χ4v) is 4.95. The van der Waals surface area contributed by atoms with Crippen molar-refractivity contribution in [3.05, 3.63) is 95.3 Å². The molecule has 0 radical (unpaired) electrons. The highest BCUT2D eigenvalue weighted by atomic mass is 32.2. The third-order valence-corrected chi connectivity index (χ3v) is 6.73. The second-order valence-electron chi connectivity index (χ2n) is 7.41. The molecule has 0 bridgehead atoms. The molecule has 3 aromatic rings. The minimum atomic E-state index is -0.279. The summed E-state index contributed by atoms with van der Waals surface area (Å²) in [5.41, 5.74) is 2.80. The Morgan fingerprint density at radius 3 is 2.34 bits per heavy atom. The molecule has 7 heteroatoms. The van der Waals surface area contributed by atoms with Gasteiger partial charge in [-0.15, -0.1) is 0 Å². The molecule has 0 N–H and O–H groups in total. The van der Waals surface area contributed by atoms with Crippen molar-refractivity contribution in [3.8, 4) is 11.5 Å². The molecule has 1 aliphatic heterocycles. The zero-order valence-electron chi connectivity index (χ0n) is 17.5. The first-order chi connectivity index (χ1) is 15.5. The Morgan fingerprint density at radius 1 is 0.969 bits per heavy atom. The third-order valence-electron chi connectivity index (χ3n) is 5.14. The van der Waals surface area contributed by atoms with Crippen LogP contribution in [0.5, 0.6) is 11.5 Å². The van der Waals surface area contributed by atoms with Crippen LogP contribution >= 0.6 is 24.0 Å². The number of hydrogen-bond donors (Lipinski definition) is 0. The number of halogens is 1. The number of nitrogens with zero attached hydrogens (tertiary/aromatic N) is 1. The smallest absolute Gasteiger partial charge is 0.242 e. The molecule has 1 saturated heterocycles. The molecule has 164 valence electrons. The molecule has 0 aromatic heterocycles. The first-order valence-corrected chi connectivity index (χ1v) is 11.4. The molecule has 3 aromatic carbocycles. The fourth-order valence-electron chi connectivity index (χ4n) is 3.41. The van der Waals surface area contributed by atoms with Crippen LogP contribution in [0.25, 0.3) is 0 Å². The van der Waals surface area contributed by atoms with E-state index in [1.54, 1.807) is 18.1 Å². The number of methoxy groups -OCH3 is 1. The van der Waals surface area contributed by atoms with Crippen molar-refractivity contribution in [3.63, 3.8) is 0 Å². The summed E-state index contributed by atoms with van der Waals surface area (Å²) >= 11 is 6.90. The Labute approximate surface area is 196 Å². The maximum Gasteiger partial charge on any atom is 0.242 e. The van der Waals surface area contributed by atoms with E-state index in [0.29, 0.717) is 29.6 Å². The molecule has 1 aliphatic rings. The normalized spacial score (nSPS) is 15.8. The molecule has 1 fully saturated rings. The lowest BCUT2D eigenvalue weighted by Gasteiger charge is -2.16. The van der Waals surface area contributed by atoms with Gasteiger partial charge in [-0.1, -0.05) is 60.4 Å². The highest BCUT2D eigenvalue weighted by molar-refractivity contribution is 8.24. The van der Waals surface area contributed by atoms with Crippen molar-refractivity contribution in [1.82, 2.24) is 4.90 Å². The van der Waals surface area contributed by atoms with Crippen molar-refractivity contribution in [1.29, 1.82) is 0 Å². The van der Waals surface area contributed by atoms with Crippen LogP contribution in [0.3, 0.4) is 0 Å². The van der Waals surface area contributed by atoms with Crippen LogP contribution in [-0.4, -0.2) is 27.5 Å². The predicted octanol–water partition coefficient (Wildman–Crippen LogP) is 5.38. The number of carbonyl (C=O) groups is 1. The Kier molecular flexibility index (Phi) is 7.07. The average Bonchev–Trinajstić information content (AvgIpc) is 3.06. The van der Waals surface area contributed by atoms with Gasteiger partial charge in [0.25, 0.3) is 0 Å². The van der Waals surface area contributed by atoms with E-state index in [1.165, 1.54) is 23.9 Å². The maximum absolute atomic E-state index is 13.3. The molecule has 4 rings (SSSR count). The topological polar surface area (TPSA) is 38.8 Å². The number of thiocarbonyl (C=S) groups is 1. The summed E-state index contributed by atoms with van der Waals surface area (Å²) in [5.74, 6) is 1.22. The molecular formula is C25H22FNO3S2. The van der Waals surface area contributed by atoms with Gasteiger partial charge in [0.05, 0.1) is 18.9 Å². The van der Waals surface area contributed by atoms with Crippen molar-refractivity contribution < 1.29 is 18.7 Å². The lowest BCUT2D eigenvalue weighted by Crippen LogP contribution is -2.31. The summed E-state index contributed by atoms with van der Waals surface area (Å²) in [6, 6.07) is 21.6. The first kappa shape index (κ1) is 22.3. The first-order valence-electron chi connectivity index (χ1n) is 10.1. The van der Waals surface area contributed by atoms with E-state index in [2.05, 4.69) is 0 Å². The number of ether oxygens (including phenoxy) is 2. The lowest BCUT2D eigenvalue weighted by atomic mass is 10.1. The molecule has 0 saturated carbocycles. The van der Waals surface area contributed by atoms with Gasteiger partial charge < -0.3 is 9.47 Å². The Hall–Kier alpha value is -2.90. The van der Waals surface area contributed by atoms with Gasteiger partial charge in [0, 0.05) is 0 Å². The summed E-state index contributed by atoms with van der Waals surface area (Å²) in [5, 5.41) is -0.236. The van der Waals surface area contributed by atoms with Crippen molar-refractivity contribution >= 4 is 34.2 Å². The van der Waals surface area contributed by atoms with E-state index in [0.717, 1.165) is 22.4 Å². The Morgan fingerprint density at radius 2 is 1.66 bits per heavy atom. The van der Waals surface area contributed by atoms with Crippen LogP contribution in [0.15, 0.2) is 72.8 Å². The largest absolute Gasteiger partial charge is 0.497 e. The van der Waals surface area contributed by atoms with Gasteiger partial charge in [0.15, 0.2) is 0 Å². The number of carbonyl (C=O) groups excluding carboxylic acids is 1. The van der Waals surface area contributed by atoms with Gasteiger partial charge in [-0.05, 0) is 59.5 Å². The molecular weight excluding hydrogens is 445 g/mol. The van der Waals surface area contributed by atoms with E-state index in [-0.39, 0.29) is 17.0 Å². The van der Waals surface area contributed by atoms with Crippen LogP contribution in [0.2, 0.25) is 0 Å². The average molecular weight is 468 g/mol. The van der Waals surface area contributed by atoms with E-state index >= 15 is 0 Å². The van der Waals surface area contributed by atoms with E-state index in [1.807, 2.05) is 54.6 Å². The van der Waals surface area contributed by atoms with Gasteiger partial charge in [0.2, 0.25) is 5.91 Å². The molecule has 0 unspecified atom stereocenters. The lowest BCUT2D eigenvalue weighted by molar-refractivity contribution is -0.126. The SMILES string of the molecule is COc1ccc(CN2C(=O)[C@@H](Cc3ccc(OCc4cccc(F)c4)cc3)SC2=S)cc1. The summed E-state index contributed by atoms with van der Waals surface area (Å²) in [6.45, 7) is 0.751. The summed E-state index contributed by atoms with van der Waals surface area (Å²) in [7, 11) is 1.62. The van der Waals surface area contributed by atoms with Crippen LogP contribution in [0.4, 0.5) is 4.39 Å². The monoisotopic (exact) mass is 467 g/mol. The van der Waals surface area contributed by atoms with Crippen LogP contribution in [0, 0.1) is 5.82 Å². The van der Waals surface area contributed by atoms with Gasteiger partial charge in [-0.2, -0.15) is 0 Å². The molecule has 1 heterocycles. The summed E-state index contributed by atoms with van der Waals surface area (Å²) < 4.78 is 24.8. The molecule has 4 nitrogen and oxygen atoms in total. The fraction of sp³-hybridized carbons (Fsp3) is 0.200. The van der Waals surface area contributed by atoms with Crippen molar-refractivity contribution in [2.75, 3.05) is 7.11 Å². The van der Waals surface area contributed by atoms with Crippen LogP contribution in [0.1, 0.15) is 16.7 Å². The molecule has 1 amide bonds. The minimum absolute atomic E-state index is 0.0299. The number of hydrogen-bond acceptors (Lipinski definition) is 5. The minimum Gasteiger partial charge on any atom is -0.497 e. The Balaban J connectivity index is 1.33. The van der Waals surface area contributed by atoms with E-state index in [4.69, 9.17) is 21.7 Å². The second kappa shape index (κ2) is 10.1. The van der Waals surface area contributed by atoms with Crippen molar-refractivity contribution in [2.24, 2.45) is 0 Å². The van der Waals surface area contributed by atoms with Crippen molar-refractivity contribution in [2.45, 2.75) is 24.8 Å². The number of benzene rings is 3. The second-order valence-corrected chi connectivity index (χ2v) is 9.25. The molecule has 1 atom stereocenters. The van der Waals surface area contributed by atoms with Gasteiger partial charge in [0.1, 0.15) is 28.2 Å². The van der Waals surface area contributed by atoms with Crippen LogP contribution < -0.4 is 9.47 Å². The standard InChI is InChI=1S/C25H22FNO3S2/c1-29-21-9-7-18(8-10-21)15-27-24(28)23(32-25(27)31)14-17-5-11-22(12-6-17)30-16-19-3-2-4-20(26)13-19/h2-13,23H,14-16H2,1H3/t23-/m1/s1. The Bertz CT molecular complexity index is 1100. The molecule has 32 heavy (non-hydrogen) atoms. The van der Waals surface area contributed by atoms with Gasteiger partial charge >= 0.3 is 0 Å². The van der Waals surface area contributed by atoms with Crippen LogP contribution in [-0.2, 0) is 24.4 Å². The molecule has 0 aliphatic carbocycles. The van der Waals surface area contributed by atoms with Gasteiger partial charge in [-0.3, -0.25) is 9.69 Å². The third kappa shape index (κ3) is 5.47. The number of thioether (sulfide) groups is 1. The zero-order chi connectivity index (χ0) is 22.5. The molecule has 0 spiro atoms. The summed E-state index contributed by atoms with van der Waals surface area (Å²) in [4.78, 5) is 14.6. The highest BCUT2D eigenvalue weighted by Gasteiger charge is 2.36. The maximum atomic E-state index is 13.3. The van der Waals surface area contributed by atoms with E-state index < -0.39 is 0 Å². The predicted molar refractivity (Wildman–Crippen MR) is 128 cm³/mol. The number of rotatable bonds is 8. The quantitative estimate of drug-likeness (QED) is 0.416. The zero-order valence-corrected chi connectivity index (χ0v) is 19.1. The summed E-state index contributed by atoms with van der Waals surface area (Å²) in [6.07, 6.45) is 0.590. The number of amides is 1. The van der Waals surface area contributed by atoms with E-state index in [9.17, 15) is 9.18 Å².